The highest BCUT2D eigenvalue weighted by Crippen LogP contribution is 2.64. The van der Waals surface area contributed by atoms with E-state index in [4.69, 9.17) is 11.6 Å². The summed E-state index contributed by atoms with van der Waals surface area (Å²) < 4.78 is 0. The van der Waals surface area contributed by atoms with Crippen molar-refractivity contribution in [3.05, 3.63) is 155 Å². The van der Waals surface area contributed by atoms with Crippen molar-refractivity contribution in [2.24, 2.45) is 0 Å². The van der Waals surface area contributed by atoms with Crippen LogP contribution in [0.2, 0.25) is 5.02 Å². The van der Waals surface area contributed by atoms with Crippen LogP contribution in [0.4, 0.5) is 0 Å². The second-order valence-electron chi connectivity index (χ2n) is 9.76. The summed E-state index contributed by atoms with van der Waals surface area (Å²) >= 11 is 7.05. The fourth-order valence-electron chi connectivity index (χ4n) is 6.88. The van der Waals surface area contributed by atoms with Crippen molar-refractivity contribution < 1.29 is 0 Å². The van der Waals surface area contributed by atoms with Crippen LogP contribution < -0.4 is 0 Å². The van der Waals surface area contributed by atoms with Gasteiger partial charge in [-0.25, -0.2) is 0 Å². The highest BCUT2D eigenvalue weighted by Gasteiger charge is 2.52. The van der Waals surface area contributed by atoms with Crippen LogP contribution in [0.3, 0.4) is 0 Å². The highest BCUT2D eigenvalue weighted by atomic mass is 35.5. The fraction of sp³-hybridized carbons (Fsp3) is 0.0286. The van der Waals surface area contributed by atoms with E-state index in [2.05, 4.69) is 121 Å². The lowest BCUT2D eigenvalue weighted by atomic mass is 9.68. The molecule has 36 heavy (non-hydrogen) atoms. The Morgan fingerprint density at radius 3 is 1.58 bits per heavy atom. The van der Waals surface area contributed by atoms with Crippen molar-refractivity contribution in [2.45, 2.75) is 5.41 Å². The second kappa shape index (κ2) is 7.20. The molecule has 2 aliphatic rings. The summed E-state index contributed by atoms with van der Waals surface area (Å²) in [7, 11) is 0. The van der Waals surface area contributed by atoms with Crippen molar-refractivity contribution in [1.82, 2.24) is 0 Å². The molecule has 6 aromatic carbocycles. The Bertz CT molecular complexity index is 1800. The zero-order chi connectivity index (χ0) is 23.9. The van der Waals surface area contributed by atoms with Crippen LogP contribution in [-0.4, -0.2) is 0 Å². The number of benzene rings is 6. The van der Waals surface area contributed by atoms with Crippen molar-refractivity contribution in [3.63, 3.8) is 0 Å². The van der Waals surface area contributed by atoms with Gasteiger partial charge >= 0.3 is 0 Å². The molecule has 6 aromatic rings. The van der Waals surface area contributed by atoms with Crippen molar-refractivity contribution in [2.75, 3.05) is 0 Å². The van der Waals surface area contributed by atoms with Gasteiger partial charge in [0.05, 0.1) is 5.41 Å². The summed E-state index contributed by atoms with van der Waals surface area (Å²) in [6.07, 6.45) is 0. The lowest BCUT2D eigenvalue weighted by molar-refractivity contribution is 0.796. The van der Waals surface area contributed by atoms with E-state index in [0.29, 0.717) is 0 Å². The van der Waals surface area contributed by atoms with E-state index in [9.17, 15) is 0 Å². The standard InChI is InChI=1S/C35H21Cl/c36-32-21-20-22-10-1-2-11-23(22)33(32)28-16-9-15-27-26-14-5-8-19-31(26)35(34(27)28)29-17-6-3-12-24(29)25-13-4-7-18-30(25)35/h1-21H. The van der Waals surface area contributed by atoms with Gasteiger partial charge in [-0.3, -0.25) is 0 Å². The lowest BCUT2D eigenvalue weighted by Crippen LogP contribution is -2.26. The monoisotopic (exact) mass is 476 g/mol. The minimum atomic E-state index is -0.393. The summed E-state index contributed by atoms with van der Waals surface area (Å²) in [5, 5.41) is 3.17. The minimum Gasteiger partial charge on any atom is -0.0836 e. The van der Waals surface area contributed by atoms with Crippen LogP contribution in [0, 0.1) is 0 Å². The van der Waals surface area contributed by atoms with E-state index >= 15 is 0 Å². The molecule has 0 saturated carbocycles. The summed E-state index contributed by atoms with van der Waals surface area (Å²) in [6.45, 7) is 0. The van der Waals surface area contributed by atoms with Crippen LogP contribution in [0.15, 0.2) is 127 Å². The molecule has 0 saturated heterocycles. The van der Waals surface area contributed by atoms with Gasteiger partial charge in [0, 0.05) is 10.6 Å². The molecule has 0 radical (unpaired) electrons. The summed E-state index contributed by atoms with van der Waals surface area (Å²) in [4.78, 5) is 0. The van der Waals surface area contributed by atoms with Gasteiger partial charge in [-0.15, -0.1) is 0 Å². The second-order valence-corrected chi connectivity index (χ2v) is 10.2. The molecular weight excluding hydrogens is 456 g/mol. The molecule has 0 bridgehead atoms. The van der Waals surface area contributed by atoms with Crippen LogP contribution in [0.5, 0.6) is 0 Å². The van der Waals surface area contributed by atoms with E-state index in [1.54, 1.807) is 0 Å². The van der Waals surface area contributed by atoms with E-state index in [-0.39, 0.29) is 0 Å². The maximum atomic E-state index is 7.05. The lowest BCUT2D eigenvalue weighted by Gasteiger charge is -2.32. The first-order valence-corrected chi connectivity index (χ1v) is 12.8. The van der Waals surface area contributed by atoms with Gasteiger partial charge in [-0.05, 0) is 66.9 Å². The molecular formula is C35H21Cl. The molecule has 0 fully saturated rings. The van der Waals surface area contributed by atoms with Crippen molar-refractivity contribution in [1.29, 1.82) is 0 Å². The van der Waals surface area contributed by atoms with Gasteiger partial charge in [0.1, 0.15) is 0 Å². The van der Waals surface area contributed by atoms with Gasteiger partial charge in [0.15, 0.2) is 0 Å². The highest BCUT2D eigenvalue weighted by molar-refractivity contribution is 6.35. The van der Waals surface area contributed by atoms with Gasteiger partial charge in [-0.1, -0.05) is 133 Å². The molecule has 0 heterocycles. The number of rotatable bonds is 1. The Labute approximate surface area is 215 Å². The maximum absolute atomic E-state index is 7.05. The topological polar surface area (TPSA) is 0 Å². The molecule has 2 aliphatic carbocycles. The number of halogens is 1. The largest absolute Gasteiger partial charge is 0.0836 e. The van der Waals surface area contributed by atoms with Crippen LogP contribution >= 0.6 is 11.6 Å². The maximum Gasteiger partial charge on any atom is 0.0731 e. The van der Waals surface area contributed by atoms with E-state index in [1.807, 2.05) is 6.07 Å². The van der Waals surface area contributed by atoms with Gasteiger partial charge in [-0.2, -0.15) is 0 Å². The first-order chi connectivity index (χ1) is 17.8. The SMILES string of the molecule is Clc1ccc2ccccc2c1-c1cccc2c1C1(c3ccccc3-c3ccccc31)c1ccccc1-2. The van der Waals surface area contributed by atoms with Gasteiger partial charge in [0.25, 0.3) is 0 Å². The Morgan fingerprint density at radius 1 is 0.417 bits per heavy atom. The number of fused-ring (bicyclic) bond motifs is 11. The zero-order valence-corrected chi connectivity index (χ0v) is 20.3. The molecule has 0 N–H and O–H groups in total. The molecule has 0 amide bonds. The van der Waals surface area contributed by atoms with Crippen LogP contribution in [0.25, 0.3) is 44.2 Å². The molecule has 0 aromatic heterocycles. The first kappa shape index (κ1) is 20.1. The molecule has 8 rings (SSSR count). The third kappa shape index (κ3) is 2.35. The van der Waals surface area contributed by atoms with Gasteiger partial charge in [0.2, 0.25) is 0 Å². The quantitative estimate of drug-likeness (QED) is 0.221. The molecule has 0 atom stereocenters. The predicted octanol–water partition coefficient (Wildman–Crippen LogP) is 9.50. The molecule has 0 unspecified atom stereocenters. The number of hydrogen-bond donors (Lipinski definition) is 0. The van der Waals surface area contributed by atoms with E-state index in [1.165, 1.54) is 60.8 Å². The van der Waals surface area contributed by atoms with Crippen molar-refractivity contribution >= 4 is 22.4 Å². The zero-order valence-electron chi connectivity index (χ0n) is 19.5. The van der Waals surface area contributed by atoms with Crippen molar-refractivity contribution in [3.8, 4) is 33.4 Å². The molecule has 1 spiro atoms. The Morgan fingerprint density at radius 2 is 0.917 bits per heavy atom. The van der Waals surface area contributed by atoms with Crippen LogP contribution in [0.1, 0.15) is 22.3 Å². The fourth-order valence-corrected chi connectivity index (χ4v) is 7.15. The minimum absolute atomic E-state index is 0.393. The average molecular weight is 477 g/mol. The summed E-state index contributed by atoms with van der Waals surface area (Å²) in [5.74, 6) is 0. The third-order valence-electron chi connectivity index (χ3n) is 8.16. The smallest absolute Gasteiger partial charge is 0.0731 e. The Balaban J connectivity index is 1.61. The molecule has 1 heteroatoms. The molecule has 0 aliphatic heterocycles. The normalized spacial score (nSPS) is 13.9. The third-order valence-corrected chi connectivity index (χ3v) is 8.48. The molecule has 168 valence electrons. The van der Waals surface area contributed by atoms with Crippen LogP contribution in [-0.2, 0) is 5.41 Å². The summed E-state index contributed by atoms with van der Waals surface area (Å²) in [5.41, 5.74) is 12.5. The van der Waals surface area contributed by atoms with E-state index < -0.39 is 5.41 Å². The number of hydrogen-bond acceptors (Lipinski definition) is 0. The first-order valence-electron chi connectivity index (χ1n) is 12.4. The predicted molar refractivity (Wildman–Crippen MR) is 151 cm³/mol. The Kier molecular flexibility index (Phi) is 4.02. The van der Waals surface area contributed by atoms with E-state index in [0.717, 1.165) is 10.6 Å². The molecule has 0 nitrogen and oxygen atoms in total. The average Bonchev–Trinajstić information content (AvgIpc) is 3.41. The van der Waals surface area contributed by atoms with Gasteiger partial charge < -0.3 is 0 Å². The summed E-state index contributed by atoms with van der Waals surface area (Å²) in [6, 6.07) is 46.3. The Hall–Kier alpha value is -4.13.